The van der Waals surface area contributed by atoms with Crippen LogP contribution in [0.4, 0.5) is 15.8 Å². The number of benzene rings is 2. The van der Waals surface area contributed by atoms with Crippen LogP contribution in [0.3, 0.4) is 0 Å². The number of nitrogens with two attached hydrogens (primary N) is 1. The fourth-order valence-electron chi connectivity index (χ4n) is 5.03. The van der Waals surface area contributed by atoms with Crippen LogP contribution in [-0.4, -0.2) is 61.6 Å². The van der Waals surface area contributed by atoms with E-state index in [4.69, 9.17) is 5.73 Å². The molecule has 6 nitrogen and oxygen atoms in total. The molecule has 31 heavy (non-hydrogen) atoms. The molecule has 3 heterocycles. The number of carbonyl (C=O) groups is 1. The van der Waals surface area contributed by atoms with E-state index in [-0.39, 0.29) is 18.3 Å². The molecule has 1 saturated heterocycles. The van der Waals surface area contributed by atoms with Crippen molar-refractivity contribution in [2.75, 3.05) is 55.6 Å². The molecule has 7 heteroatoms. The number of piperazine rings is 1. The number of halogens is 1. The van der Waals surface area contributed by atoms with Crippen LogP contribution in [0.2, 0.25) is 0 Å². The average Bonchev–Trinajstić information content (AvgIpc) is 3.38. The summed E-state index contributed by atoms with van der Waals surface area (Å²) in [5.41, 5.74) is 9.42. The molecule has 0 aliphatic carbocycles. The second-order valence-electron chi connectivity index (χ2n) is 8.59. The molecule has 3 N–H and O–H groups in total. The molecule has 2 aliphatic rings. The van der Waals surface area contributed by atoms with Crippen LogP contribution < -0.4 is 15.5 Å². The van der Waals surface area contributed by atoms with Crippen LogP contribution in [0.15, 0.2) is 48.7 Å². The molecule has 5 rings (SSSR count). The van der Waals surface area contributed by atoms with Gasteiger partial charge in [0, 0.05) is 61.6 Å². The molecule has 0 bridgehead atoms. The minimum Gasteiger partial charge on any atom is -0.369 e. The van der Waals surface area contributed by atoms with E-state index in [0.717, 1.165) is 62.5 Å². The number of amides is 1. The summed E-state index contributed by atoms with van der Waals surface area (Å²) in [6.45, 7) is 5.85. The number of hydrogen-bond acceptors (Lipinski definition) is 4. The number of nitrogens with one attached hydrogen (secondary N) is 1. The van der Waals surface area contributed by atoms with E-state index < -0.39 is 0 Å². The molecule has 2 aromatic carbocycles. The van der Waals surface area contributed by atoms with Gasteiger partial charge in [-0.05, 0) is 42.8 Å². The third-order valence-electron chi connectivity index (χ3n) is 6.63. The third kappa shape index (κ3) is 3.97. The fraction of sp³-hybridized carbons (Fsp3) is 0.375. The number of aromatic amines is 1. The zero-order valence-electron chi connectivity index (χ0n) is 17.6. The van der Waals surface area contributed by atoms with Gasteiger partial charge in [0.25, 0.3) is 0 Å². The van der Waals surface area contributed by atoms with Crippen LogP contribution >= 0.6 is 0 Å². The summed E-state index contributed by atoms with van der Waals surface area (Å²) in [7, 11) is 0. The standard InChI is InChI=1S/C24H28FN5O/c25-21-14-19(13-17-5-7-27-24(17)21)29-11-9-28(10-12-29)8-6-18-15-30(16-23(26)31)22-4-2-1-3-20(18)22/h1-5,7,13-14,18,27H,6,8-12,15-16H2,(H2,26,31). The number of H-pyrrole nitrogens is 1. The van der Waals surface area contributed by atoms with Gasteiger partial charge in [0.2, 0.25) is 5.91 Å². The molecule has 0 saturated carbocycles. The number of hydrogen-bond donors (Lipinski definition) is 2. The van der Waals surface area contributed by atoms with E-state index in [9.17, 15) is 9.18 Å². The molecule has 0 radical (unpaired) electrons. The van der Waals surface area contributed by atoms with E-state index in [1.54, 1.807) is 12.3 Å². The number of para-hydroxylation sites is 1. The summed E-state index contributed by atoms with van der Waals surface area (Å²) in [4.78, 5) is 21.3. The summed E-state index contributed by atoms with van der Waals surface area (Å²) >= 11 is 0. The Morgan fingerprint density at radius 2 is 1.94 bits per heavy atom. The molecule has 1 aromatic heterocycles. The third-order valence-corrected chi connectivity index (χ3v) is 6.63. The van der Waals surface area contributed by atoms with Crippen molar-refractivity contribution in [3.63, 3.8) is 0 Å². The highest BCUT2D eigenvalue weighted by Crippen LogP contribution is 2.37. The number of fused-ring (bicyclic) bond motifs is 2. The molecule has 1 amide bonds. The van der Waals surface area contributed by atoms with Crippen LogP contribution in [0.25, 0.3) is 10.9 Å². The number of rotatable bonds is 6. The van der Waals surface area contributed by atoms with Crippen molar-refractivity contribution in [1.82, 2.24) is 9.88 Å². The SMILES string of the molecule is NC(=O)CN1CC(CCN2CCN(c3cc(F)c4[nH]ccc4c3)CC2)c2ccccc21. The summed E-state index contributed by atoms with van der Waals surface area (Å²) in [6.07, 6.45) is 2.83. The minimum absolute atomic E-state index is 0.194. The van der Waals surface area contributed by atoms with E-state index in [2.05, 4.69) is 43.9 Å². The van der Waals surface area contributed by atoms with Crippen molar-refractivity contribution in [2.24, 2.45) is 5.73 Å². The zero-order chi connectivity index (χ0) is 21.4. The maximum Gasteiger partial charge on any atom is 0.236 e. The highest BCUT2D eigenvalue weighted by Gasteiger charge is 2.29. The summed E-state index contributed by atoms with van der Waals surface area (Å²) in [5.74, 6) is -0.0696. The van der Waals surface area contributed by atoms with Crippen LogP contribution in [0.5, 0.6) is 0 Å². The van der Waals surface area contributed by atoms with Gasteiger partial charge in [-0.1, -0.05) is 18.2 Å². The zero-order valence-corrected chi connectivity index (χ0v) is 17.6. The second-order valence-corrected chi connectivity index (χ2v) is 8.59. The van der Waals surface area contributed by atoms with Gasteiger partial charge in [0.05, 0.1) is 12.1 Å². The van der Waals surface area contributed by atoms with E-state index >= 15 is 0 Å². The molecule has 1 fully saturated rings. The number of anilines is 2. The number of nitrogens with zero attached hydrogens (tertiary/aromatic N) is 3. The Labute approximate surface area is 181 Å². The van der Waals surface area contributed by atoms with Gasteiger partial charge in [-0.25, -0.2) is 4.39 Å². The minimum atomic E-state index is -0.291. The fourth-order valence-corrected chi connectivity index (χ4v) is 5.03. The Morgan fingerprint density at radius 3 is 2.74 bits per heavy atom. The van der Waals surface area contributed by atoms with Gasteiger partial charge in [-0.3, -0.25) is 9.69 Å². The first-order chi connectivity index (χ1) is 15.1. The Balaban J connectivity index is 1.18. The number of aromatic nitrogens is 1. The quantitative estimate of drug-likeness (QED) is 0.642. The smallest absolute Gasteiger partial charge is 0.236 e. The van der Waals surface area contributed by atoms with Crippen molar-refractivity contribution in [2.45, 2.75) is 12.3 Å². The Kier molecular flexibility index (Phi) is 5.28. The number of primary amides is 1. The summed E-state index contributed by atoms with van der Waals surface area (Å²) < 4.78 is 14.3. The largest absolute Gasteiger partial charge is 0.369 e. The number of carbonyl (C=O) groups excluding carboxylic acids is 1. The van der Waals surface area contributed by atoms with Crippen LogP contribution in [0.1, 0.15) is 17.9 Å². The summed E-state index contributed by atoms with van der Waals surface area (Å²) in [6, 6.07) is 14.0. The Bertz CT molecular complexity index is 1090. The molecule has 2 aliphatic heterocycles. The normalized spacial score (nSPS) is 19.2. The molecule has 1 unspecified atom stereocenters. The lowest BCUT2D eigenvalue weighted by Crippen LogP contribution is -2.47. The van der Waals surface area contributed by atoms with Crippen LogP contribution in [-0.2, 0) is 4.79 Å². The van der Waals surface area contributed by atoms with Gasteiger partial charge in [0.1, 0.15) is 5.82 Å². The van der Waals surface area contributed by atoms with Gasteiger partial charge >= 0.3 is 0 Å². The van der Waals surface area contributed by atoms with Gasteiger partial charge in [-0.15, -0.1) is 0 Å². The average molecular weight is 422 g/mol. The first kappa shape index (κ1) is 19.9. The first-order valence-corrected chi connectivity index (χ1v) is 10.9. The highest BCUT2D eigenvalue weighted by molar-refractivity contribution is 5.84. The van der Waals surface area contributed by atoms with Gasteiger partial charge in [-0.2, -0.15) is 0 Å². The molecule has 0 spiro atoms. The first-order valence-electron chi connectivity index (χ1n) is 10.9. The maximum absolute atomic E-state index is 14.3. The lowest BCUT2D eigenvalue weighted by Gasteiger charge is -2.36. The van der Waals surface area contributed by atoms with Crippen molar-refractivity contribution in [1.29, 1.82) is 0 Å². The Morgan fingerprint density at radius 1 is 1.13 bits per heavy atom. The second kappa shape index (κ2) is 8.23. The van der Waals surface area contributed by atoms with Crippen molar-refractivity contribution in [3.8, 4) is 0 Å². The predicted octanol–water partition coefficient (Wildman–Crippen LogP) is 2.91. The van der Waals surface area contributed by atoms with Gasteiger partial charge in [0.15, 0.2) is 0 Å². The van der Waals surface area contributed by atoms with Crippen molar-refractivity contribution < 1.29 is 9.18 Å². The molecular formula is C24H28FN5O. The predicted molar refractivity (Wildman–Crippen MR) is 122 cm³/mol. The lowest BCUT2D eigenvalue weighted by molar-refractivity contribution is -0.116. The molecular weight excluding hydrogens is 393 g/mol. The van der Waals surface area contributed by atoms with Crippen molar-refractivity contribution >= 4 is 28.2 Å². The lowest BCUT2D eigenvalue weighted by atomic mass is 9.97. The van der Waals surface area contributed by atoms with Gasteiger partial charge < -0.3 is 20.5 Å². The molecule has 3 aromatic rings. The summed E-state index contributed by atoms with van der Waals surface area (Å²) in [5, 5.41) is 0.915. The molecule has 162 valence electrons. The van der Waals surface area contributed by atoms with Crippen LogP contribution in [0, 0.1) is 5.82 Å². The topological polar surface area (TPSA) is 68.6 Å². The van der Waals surface area contributed by atoms with E-state index in [0.29, 0.717) is 11.4 Å². The Hall–Kier alpha value is -3.06. The van der Waals surface area contributed by atoms with E-state index in [1.165, 1.54) is 5.56 Å². The van der Waals surface area contributed by atoms with E-state index in [1.807, 2.05) is 12.1 Å². The monoisotopic (exact) mass is 421 g/mol. The molecule has 1 atom stereocenters. The highest BCUT2D eigenvalue weighted by atomic mass is 19.1. The van der Waals surface area contributed by atoms with Crippen molar-refractivity contribution in [3.05, 3.63) is 60.0 Å². The maximum atomic E-state index is 14.3.